The summed E-state index contributed by atoms with van der Waals surface area (Å²) >= 11 is 5.89. The number of benzene rings is 1. The molecule has 0 saturated carbocycles. The molecule has 1 heterocycles. The van der Waals surface area contributed by atoms with Gasteiger partial charge in [0.2, 0.25) is 5.56 Å². The fourth-order valence-corrected chi connectivity index (χ4v) is 1.81. The maximum atomic E-state index is 12.0. The third-order valence-corrected chi connectivity index (χ3v) is 2.81. The highest BCUT2D eigenvalue weighted by Gasteiger charge is 2.16. The summed E-state index contributed by atoms with van der Waals surface area (Å²) in [6.07, 6.45) is 0. The number of halogens is 1. The maximum Gasteiger partial charge on any atom is 0.337 e. The second kappa shape index (κ2) is 5.58. The van der Waals surface area contributed by atoms with Crippen LogP contribution in [0.25, 0.3) is 0 Å². The van der Waals surface area contributed by atoms with Gasteiger partial charge in [-0.2, -0.15) is 0 Å². The van der Waals surface area contributed by atoms with E-state index in [4.69, 9.17) is 16.7 Å². The van der Waals surface area contributed by atoms with Crippen LogP contribution in [0.3, 0.4) is 0 Å². The van der Waals surface area contributed by atoms with Gasteiger partial charge in [0, 0.05) is 6.07 Å². The summed E-state index contributed by atoms with van der Waals surface area (Å²) < 4.78 is 0. The lowest BCUT2D eigenvalue weighted by Gasteiger charge is -2.10. The molecule has 0 radical (unpaired) electrons. The van der Waals surface area contributed by atoms with Gasteiger partial charge in [0.25, 0.3) is 5.91 Å². The van der Waals surface area contributed by atoms with Gasteiger partial charge in [0.05, 0.1) is 16.3 Å². The van der Waals surface area contributed by atoms with E-state index in [0.29, 0.717) is 0 Å². The molecule has 0 aliphatic heterocycles. The molecule has 0 aliphatic rings. The number of hydrogen-bond acceptors (Lipinski definition) is 3. The fraction of sp³-hybridized carbons (Fsp3) is 0. The number of pyridine rings is 1. The van der Waals surface area contributed by atoms with Crippen LogP contribution < -0.4 is 10.9 Å². The third-order valence-electron chi connectivity index (χ3n) is 2.50. The first-order valence-electron chi connectivity index (χ1n) is 5.51. The van der Waals surface area contributed by atoms with Crippen molar-refractivity contribution in [2.75, 3.05) is 5.32 Å². The Labute approximate surface area is 118 Å². The van der Waals surface area contributed by atoms with Gasteiger partial charge >= 0.3 is 5.97 Å². The number of nitrogens with one attached hydrogen (secondary N) is 2. The standard InChI is InChI=1S/C13H9ClN2O4/c14-8-4-1-3-7(13(19)20)11(8)16-12(18)9-5-2-6-10(17)15-9/h1-6H,(H,15,17)(H,16,18)(H,19,20). The summed E-state index contributed by atoms with van der Waals surface area (Å²) in [5.74, 6) is -1.87. The number of aromatic carboxylic acids is 1. The normalized spacial score (nSPS) is 10.1. The van der Waals surface area contributed by atoms with Crippen molar-refractivity contribution in [3.63, 3.8) is 0 Å². The predicted molar refractivity (Wildman–Crippen MR) is 73.4 cm³/mol. The van der Waals surface area contributed by atoms with Crippen molar-refractivity contribution in [2.24, 2.45) is 0 Å². The van der Waals surface area contributed by atoms with E-state index in [1.165, 1.54) is 36.4 Å². The van der Waals surface area contributed by atoms with Crippen molar-refractivity contribution in [1.82, 2.24) is 4.98 Å². The van der Waals surface area contributed by atoms with Crippen LogP contribution in [0.15, 0.2) is 41.2 Å². The summed E-state index contributed by atoms with van der Waals surface area (Å²) in [4.78, 5) is 36.5. The van der Waals surface area contributed by atoms with E-state index in [1.807, 2.05) is 0 Å². The molecule has 0 bridgehead atoms. The summed E-state index contributed by atoms with van der Waals surface area (Å²) in [6.45, 7) is 0. The minimum absolute atomic E-state index is 0.00811. The van der Waals surface area contributed by atoms with Crippen molar-refractivity contribution in [3.8, 4) is 0 Å². The van der Waals surface area contributed by atoms with E-state index in [9.17, 15) is 14.4 Å². The molecule has 1 aromatic carbocycles. The van der Waals surface area contributed by atoms with E-state index in [0.717, 1.165) is 0 Å². The van der Waals surface area contributed by atoms with Crippen molar-refractivity contribution >= 4 is 29.2 Å². The molecule has 0 unspecified atom stereocenters. The number of para-hydroxylation sites is 1. The number of carbonyl (C=O) groups is 2. The van der Waals surface area contributed by atoms with Crippen LogP contribution in [-0.4, -0.2) is 22.0 Å². The van der Waals surface area contributed by atoms with E-state index in [2.05, 4.69) is 10.3 Å². The van der Waals surface area contributed by atoms with Crippen LogP contribution in [0.4, 0.5) is 5.69 Å². The van der Waals surface area contributed by atoms with Gasteiger partial charge in [-0.3, -0.25) is 9.59 Å². The number of carbonyl (C=O) groups excluding carboxylic acids is 1. The number of rotatable bonds is 3. The Morgan fingerprint density at radius 3 is 2.50 bits per heavy atom. The molecular weight excluding hydrogens is 284 g/mol. The number of H-pyrrole nitrogens is 1. The summed E-state index contributed by atoms with van der Waals surface area (Å²) in [6, 6.07) is 8.31. The Kier molecular flexibility index (Phi) is 3.86. The number of aromatic nitrogens is 1. The van der Waals surface area contributed by atoms with E-state index < -0.39 is 17.4 Å². The van der Waals surface area contributed by atoms with Gasteiger partial charge in [-0.1, -0.05) is 23.7 Å². The number of anilines is 1. The Morgan fingerprint density at radius 1 is 1.15 bits per heavy atom. The molecule has 1 aromatic heterocycles. The van der Waals surface area contributed by atoms with E-state index >= 15 is 0 Å². The molecule has 6 nitrogen and oxygen atoms in total. The third kappa shape index (κ3) is 2.86. The molecule has 2 aromatic rings. The van der Waals surface area contributed by atoms with E-state index in [1.54, 1.807) is 0 Å². The number of amides is 1. The molecule has 20 heavy (non-hydrogen) atoms. The molecule has 0 aliphatic carbocycles. The Hall–Kier alpha value is -2.60. The average Bonchev–Trinajstić information content (AvgIpc) is 2.40. The molecule has 102 valence electrons. The van der Waals surface area contributed by atoms with Crippen LogP contribution in [0.5, 0.6) is 0 Å². The lowest BCUT2D eigenvalue weighted by atomic mass is 10.1. The molecule has 0 saturated heterocycles. The second-order valence-corrected chi connectivity index (χ2v) is 4.26. The molecule has 0 atom stereocenters. The van der Waals surface area contributed by atoms with Crippen LogP contribution >= 0.6 is 11.6 Å². The van der Waals surface area contributed by atoms with Crippen LogP contribution in [-0.2, 0) is 0 Å². The van der Waals surface area contributed by atoms with E-state index in [-0.39, 0.29) is 22.0 Å². The highest BCUT2D eigenvalue weighted by atomic mass is 35.5. The Bertz CT molecular complexity index is 739. The van der Waals surface area contributed by atoms with Crippen LogP contribution in [0.1, 0.15) is 20.8 Å². The molecule has 2 rings (SSSR count). The van der Waals surface area contributed by atoms with Crippen molar-refractivity contribution in [1.29, 1.82) is 0 Å². The van der Waals surface area contributed by atoms with Crippen LogP contribution in [0, 0.1) is 0 Å². The van der Waals surface area contributed by atoms with Gasteiger partial charge in [-0.15, -0.1) is 0 Å². The molecular formula is C13H9ClN2O4. The summed E-state index contributed by atoms with van der Waals surface area (Å²) in [7, 11) is 0. The fourth-order valence-electron chi connectivity index (χ4n) is 1.59. The first kappa shape index (κ1) is 13.8. The lowest BCUT2D eigenvalue weighted by Crippen LogP contribution is -2.19. The zero-order chi connectivity index (χ0) is 14.7. The quantitative estimate of drug-likeness (QED) is 0.805. The Morgan fingerprint density at radius 2 is 1.85 bits per heavy atom. The summed E-state index contributed by atoms with van der Waals surface area (Å²) in [5, 5.41) is 11.5. The molecule has 0 spiro atoms. The zero-order valence-electron chi connectivity index (χ0n) is 10.0. The number of carboxylic acids is 1. The highest BCUT2D eigenvalue weighted by molar-refractivity contribution is 6.34. The predicted octanol–water partition coefficient (Wildman–Crippen LogP) is 1.98. The minimum Gasteiger partial charge on any atom is -0.478 e. The first-order chi connectivity index (χ1) is 9.49. The molecule has 0 fully saturated rings. The SMILES string of the molecule is O=C(Nc1c(Cl)cccc1C(=O)O)c1cccc(=O)[nH]1. The number of aromatic amines is 1. The Balaban J connectivity index is 2.37. The topological polar surface area (TPSA) is 99.3 Å². The maximum absolute atomic E-state index is 12.0. The van der Waals surface area contributed by atoms with Gasteiger partial charge in [-0.25, -0.2) is 4.79 Å². The number of hydrogen-bond donors (Lipinski definition) is 3. The van der Waals surface area contributed by atoms with Crippen molar-refractivity contribution in [3.05, 3.63) is 63.0 Å². The second-order valence-electron chi connectivity index (χ2n) is 3.85. The highest BCUT2D eigenvalue weighted by Crippen LogP contribution is 2.26. The molecule has 3 N–H and O–H groups in total. The van der Waals surface area contributed by atoms with Gasteiger partial charge in [0.15, 0.2) is 0 Å². The van der Waals surface area contributed by atoms with Gasteiger partial charge < -0.3 is 15.4 Å². The van der Waals surface area contributed by atoms with Crippen molar-refractivity contribution in [2.45, 2.75) is 0 Å². The zero-order valence-corrected chi connectivity index (χ0v) is 10.8. The van der Waals surface area contributed by atoms with Gasteiger partial charge in [-0.05, 0) is 18.2 Å². The monoisotopic (exact) mass is 292 g/mol. The minimum atomic E-state index is -1.22. The average molecular weight is 293 g/mol. The largest absolute Gasteiger partial charge is 0.478 e. The molecule has 1 amide bonds. The first-order valence-corrected chi connectivity index (χ1v) is 5.89. The lowest BCUT2D eigenvalue weighted by molar-refractivity contribution is 0.0698. The van der Waals surface area contributed by atoms with Crippen LogP contribution in [0.2, 0.25) is 5.02 Å². The smallest absolute Gasteiger partial charge is 0.337 e. The number of carboxylic acid groups (broad SMARTS) is 1. The van der Waals surface area contributed by atoms with Gasteiger partial charge in [0.1, 0.15) is 5.69 Å². The molecule has 7 heteroatoms. The summed E-state index contributed by atoms with van der Waals surface area (Å²) in [5.41, 5.74) is -0.579. The van der Waals surface area contributed by atoms with Crippen molar-refractivity contribution < 1.29 is 14.7 Å².